The summed E-state index contributed by atoms with van der Waals surface area (Å²) in [4.78, 5) is 30.4. The SMILES string of the molecule is O=C1c2ncc(-c3cnc4cc(OCCN5CCOCC5)ccn34)cc2CN1CC(F)(F)F.c1cn2ccc(OCCN3CCOCC3)cc2n1. The number of morpholine rings is 2. The first kappa shape index (κ1) is 34.7. The van der Waals surface area contributed by atoms with Gasteiger partial charge in [-0.2, -0.15) is 13.2 Å². The van der Waals surface area contributed by atoms with E-state index in [4.69, 9.17) is 18.9 Å². The van der Waals surface area contributed by atoms with Crippen molar-refractivity contribution in [2.24, 2.45) is 0 Å². The Hall–Kier alpha value is -4.77. The molecule has 0 aliphatic carbocycles. The number of halogens is 3. The Labute approximate surface area is 292 Å². The normalized spacial score (nSPS) is 17.1. The Morgan fingerprint density at radius 3 is 2.08 bits per heavy atom. The Morgan fingerprint density at radius 2 is 1.41 bits per heavy atom. The molecule has 8 heterocycles. The average molecular weight is 709 g/mol. The van der Waals surface area contributed by atoms with Crippen LogP contribution in [0.5, 0.6) is 11.5 Å². The van der Waals surface area contributed by atoms with Gasteiger partial charge in [0.15, 0.2) is 0 Å². The summed E-state index contributed by atoms with van der Waals surface area (Å²) in [7, 11) is 0. The first-order valence-corrected chi connectivity index (χ1v) is 16.9. The van der Waals surface area contributed by atoms with E-state index < -0.39 is 18.6 Å². The minimum Gasteiger partial charge on any atom is -0.492 e. The third-order valence-electron chi connectivity index (χ3n) is 8.90. The number of pyridine rings is 3. The molecule has 3 aliphatic heterocycles. The van der Waals surface area contributed by atoms with Gasteiger partial charge in [0.2, 0.25) is 0 Å². The molecule has 0 bridgehead atoms. The molecule has 270 valence electrons. The van der Waals surface area contributed by atoms with Crippen molar-refractivity contribution in [1.29, 1.82) is 0 Å². The van der Waals surface area contributed by atoms with Gasteiger partial charge in [-0.15, -0.1) is 0 Å². The van der Waals surface area contributed by atoms with Crippen LogP contribution < -0.4 is 9.47 Å². The molecule has 13 nitrogen and oxygen atoms in total. The number of aromatic nitrogens is 5. The molecule has 3 aliphatic rings. The van der Waals surface area contributed by atoms with Crippen molar-refractivity contribution < 1.29 is 36.9 Å². The molecule has 1 amide bonds. The quantitative estimate of drug-likeness (QED) is 0.213. The van der Waals surface area contributed by atoms with Crippen LogP contribution in [0, 0.1) is 0 Å². The number of alkyl halides is 3. The Balaban J connectivity index is 0.000000190. The van der Waals surface area contributed by atoms with Gasteiger partial charge in [-0.25, -0.2) is 9.97 Å². The smallest absolute Gasteiger partial charge is 0.406 e. The molecule has 0 spiro atoms. The number of carbonyl (C=O) groups excluding carboxylic acids is 1. The summed E-state index contributed by atoms with van der Waals surface area (Å²) in [6.07, 6.45) is 6.21. The third kappa shape index (κ3) is 8.76. The van der Waals surface area contributed by atoms with Crippen LogP contribution in [-0.4, -0.2) is 136 Å². The molecule has 0 radical (unpaired) electrons. The topological polar surface area (TPSA) is 111 Å². The largest absolute Gasteiger partial charge is 0.492 e. The Kier molecular flexibility index (Phi) is 10.6. The molecule has 2 fully saturated rings. The Bertz CT molecular complexity index is 1940. The van der Waals surface area contributed by atoms with Crippen LogP contribution in [0.3, 0.4) is 0 Å². The Morgan fingerprint density at radius 1 is 0.765 bits per heavy atom. The summed E-state index contributed by atoms with van der Waals surface area (Å²) in [5.41, 5.74) is 3.52. The third-order valence-corrected chi connectivity index (χ3v) is 8.90. The van der Waals surface area contributed by atoms with Crippen LogP contribution in [0.1, 0.15) is 16.1 Å². The van der Waals surface area contributed by atoms with Crippen molar-refractivity contribution >= 4 is 17.2 Å². The monoisotopic (exact) mass is 708 g/mol. The van der Waals surface area contributed by atoms with Crippen molar-refractivity contribution in [3.63, 3.8) is 0 Å². The first-order valence-electron chi connectivity index (χ1n) is 16.9. The highest BCUT2D eigenvalue weighted by atomic mass is 19.4. The lowest BCUT2D eigenvalue weighted by molar-refractivity contribution is -0.140. The second-order valence-electron chi connectivity index (χ2n) is 12.4. The van der Waals surface area contributed by atoms with Crippen molar-refractivity contribution in [1.82, 2.24) is 38.5 Å². The van der Waals surface area contributed by atoms with E-state index in [0.717, 1.165) is 87.7 Å². The van der Waals surface area contributed by atoms with E-state index in [-0.39, 0.29) is 12.2 Å². The van der Waals surface area contributed by atoms with Crippen molar-refractivity contribution in [3.05, 3.63) is 78.8 Å². The van der Waals surface area contributed by atoms with Gasteiger partial charge < -0.3 is 28.2 Å². The summed E-state index contributed by atoms with van der Waals surface area (Å²) in [5.74, 6) is 0.876. The van der Waals surface area contributed by atoms with Crippen LogP contribution in [-0.2, 0) is 16.0 Å². The molecule has 8 rings (SSSR count). The summed E-state index contributed by atoms with van der Waals surface area (Å²) < 4.78 is 64.3. The highest BCUT2D eigenvalue weighted by Crippen LogP contribution is 2.30. The van der Waals surface area contributed by atoms with E-state index in [1.807, 2.05) is 51.7 Å². The number of imidazole rings is 2. The fourth-order valence-electron chi connectivity index (χ4n) is 6.22. The zero-order valence-electron chi connectivity index (χ0n) is 28.0. The fraction of sp³-hybridized carbons (Fsp3) is 0.429. The molecule has 0 unspecified atom stereocenters. The predicted octanol–water partition coefficient (Wildman–Crippen LogP) is 3.67. The second kappa shape index (κ2) is 15.6. The van der Waals surface area contributed by atoms with Crippen molar-refractivity contribution in [2.45, 2.75) is 12.7 Å². The molecule has 51 heavy (non-hydrogen) atoms. The summed E-state index contributed by atoms with van der Waals surface area (Å²) in [5, 5.41) is 0. The zero-order valence-corrected chi connectivity index (χ0v) is 28.0. The molecule has 0 saturated carbocycles. The van der Waals surface area contributed by atoms with Crippen LogP contribution >= 0.6 is 0 Å². The fourth-order valence-corrected chi connectivity index (χ4v) is 6.22. The number of amides is 1. The molecular weight excluding hydrogens is 669 g/mol. The van der Waals surface area contributed by atoms with Gasteiger partial charge >= 0.3 is 6.18 Å². The van der Waals surface area contributed by atoms with Gasteiger partial charge in [0, 0.05) is 100 Å². The van der Waals surface area contributed by atoms with Crippen LogP contribution in [0.25, 0.3) is 22.6 Å². The van der Waals surface area contributed by atoms with Gasteiger partial charge in [-0.3, -0.25) is 24.0 Å². The van der Waals surface area contributed by atoms with E-state index >= 15 is 0 Å². The second-order valence-corrected chi connectivity index (χ2v) is 12.4. The highest BCUT2D eigenvalue weighted by molar-refractivity contribution is 5.97. The van der Waals surface area contributed by atoms with Crippen molar-refractivity contribution in [2.75, 3.05) is 85.5 Å². The van der Waals surface area contributed by atoms with Crippen LogP contribution in [0.15, 0.2) is 67.5 Å². The summed E-state index contributed by atoms with van der Waals surface area (Å²) in [6.45, 7) is 8.59. The van der Waals surface area contributed by atoms with Crippen molar-refractivity contribution in [3.8, 4) is 22.8 Å². The maximum absolute atomic E-state index is 12.7. The molecule has 0 N–H and O–H groups in total. The number of hydrogen-bond acceptors (Lipinski definition) is 10. The minimum absolute atomic E-state index is 0.0628. The van der Waals surface area contributed by atoms with Crippen LogP contribution in [0.4, 0.5) is 13.2 Å². The number of hydrogen-bond donors (Lipinski definition) is 0. The van der Waals surface area contributed by atoms with E-state index in [0.29, 0.717) is 35.7 Å². The van der Waals surface area contributed by atoms with E-state index in [1.54, 1.807) is 18.5 Å². The maximum Gasteiger partial charge on any atom is 0.406 e. The van der Waals surface area contributed by atoms with Gasteiger partial charge in [-0.05, 0) is 18.2 Å². The lowest BCUT2D eigenvalue weighted by Crippen LogP contribution is -2.38. The van der Waals surface area contributed by atoms with E-state index in [9.17, 15) is 18.0 Å². The molecule has 5 aromatic rings. The zero-order chi connectivity index (χ0) is 35.2. The number of nitrogens with zero attached hydrogens (tertiary/aromatic N) is 8. The summed E-state index contributed by atoms with van der Waals surface area (Å²) >= 11 is 0. The van der Waals surface area contributed by atoms with Gasteiger partial charge in [0.1, 0.15) is 48.2 Å². The predicted molar refractivity (Wildman–Crippen MR) is 180 cm³/mol. The van der Waals surface area contributed by atoms with E-state index in [2.05, 4.69) is 24.8 Å². The van der Waals surface area contributed by atoms with Gasteiger partial charge in [-0.1, -0.05) is 0 Å². The van der Waals surface area contributed by atoms with Gasteiger partial charge in [0.05, 0.1) is 38.3 Å². The van der Waals surface area contributed by atoms with Gasteiger partial charge in [0.25, 0.3) is 5.91 Å². The first-order chi connectivity index (χ1) is 24.8. The lowest BCUT2D eigenvalue weighted by Gasteiger charge is -2.26. The number of ether oxygens (including phenoxy) is 4. The summed E-state index contributed by atoms with van der Waals surface area (Å²) in [6, 6.07) is 9.30. The molecular formula is C35H39F3N8O5. The molecule has 0 aromatic carbocycles. The minimum atomic E-state index is -4.45. The highest BCUT2D eigenvalue weighted by Gasteiger charge is 2.38. The average Bonchev–Trinajstić information content (AvgIpc) is 3.85. The number of rotatable bonds is 10. The molecule has 16 heteroatoms. The molecule has 0 atom stereocenters. The van der Waals surface area contributed by atoms with E-state index in [1.165, 1.54) is 6.20 Å². The standard InChI is InChI=1S/C22H22F3N5O3.C13H17N3O2/c23-22(24,25)14-29-13-16-9-15(11-27-20(16)21(29)31)18-12-26-19-10-17(1-2-30(18)19)33-8-5-28-3-6-32-7-4-28;1-3-16-4-2-14-13(16)11-12(1)18-10-7-15-5-8-17-9-6-15/h1-2,9-12H,3-8,13-14H2;1-4,11H,5-10H2. The number of carbonyl (C=O) groups is 1. The maximum atomic E-state index is 12.7. The lowest BCUT2D eigenvalue weighted by atomic mass is 10.1. The molecule has 5 aromatic heterocycles. The molecule has 2 saturated heterocycles. The number of fused-ring (bicyclic) bond motifs is 3. The van der Waals surface area contributed by atoms with Crippen LogP contribution in [0.2, 0.25) is 0 Å².